The zero-order chi connectivity index (χ0) is 29.9. The second kappa shape index (κ2) is 14.6. The highest BCUT2D eigenvalue weighted by atomic mass is 14.2. The predicted octanol–water partition coefficient (Wildman–Crippen LogP) is 12.1. The molecule has 0 saturated heterocycles. The molecule has 0 fully saturated rings. The van der Waals surface area contributed by atoms with Gasteiger partial charge in [-0.3, -0.25) is 0 Å². The van der Waals surface area contributed by atoms with Gasteiger partial charge < -0.3 is 0 Å². The van der Waals surface area contributed by atoms with Gasteiger partial charge in [-0.15, -0.1) is 0 Å². The molecule has 7 aromatic rings. The summed E-state index contributed by atoms with van der Waals surface area (Å²) in [6.45, 7) is 6.32. The molecule has 7 aromatic carbocycles. The molecule has 0 nitrogen and oxygen atoms in total. The van der Waals surface area contributed by atoms with Gasteiger partial charge in [0.2, 0.25) is 0 Å². The van der Waals surface area contributed by atoms with Gasteiger partial charge in [0.25, 0.3) is 0 Å². The first-order chi connectivity index (χ1) is 21.1. The highest BCUT2D eigenvalue weighted by Gasteiger charge is 2.12. The number of hydrogen-bond donors (Lipinski definition) is 0. The second-order valence-corrected chi connectivity index (χ2v) is 10.8. The van der Waals surface area contributed by atoms with Gasteiger partial charge in [0, 0.05) is 0 Å². The van der Waals surface area contributed by atoms with E-state index in [4.69, 9.17) is 0 Å². The highest BCUT2D eigenvalue weighted by molar-refractivity contribution is 6.04. The van der Waals surface area contributed by atoms with Crippen LogP contribution in [0.4, 0.5) is 0 Å². The van der Waals surface area contributed by atoms with E-state index in [1.54, 1.807) is 0 Å². The van der Waals surface area contributed by atoms with Crippen molar-refractivity contribution in [3.63, 3.8) is 0 Å². The molecule has 0 heterocycles. The van der Waals surface area contributed by atoms with Gasteiger partial charge in [-0.05, 0) is 64.9 Å². The Bertz CT molecular complexity index is 1810. The molecule has 0 unspecified atom stereocenters. The summed E-state index contributed by atoms with van der Waals surface area (Å²) in [5.41, 5.74) is 11.5. The third-order valence-electron chi connectivity index (χ3n) is 7.42. The normalized spacial score (nSPS) is 10.2. The van der Waals surface area contributed by atoms with Crippen LogP contribution in [0, 0.1) is 20.8 Å². The number of hydrogen-bond acceptors (Lipinski definition) is 0. The maximum atomic E-state index is 2.28. The average molecular weight is 555 g/mol. The van der Waals surface area contributed by atoms with E-state index in [9.17, 15) is 0 Å². The molecule has 0 aliphatic rings. The smallest absolute Gasteiger partial charge is 0.00267 e. The minimum Gasteiger partial charge on any atom is -0.0622 e. The Morgan fingerprint density at radius 3 is 1.33 bits per heavy atom. The Hall–Kier alpha value is -5.20. The summed E-state index contributed by atoms with van der Waals surface area (Å²) in [5.74, 6) is 0. The van der Waals surface area contributed by atoms with Crippen LogP contribution in [0.1, 0.15) is 16.7 Å². The SMILES string of the molecule is Cc1cccc(-c2c(-c3ccc(-c4ccccc4)cc3)ccc3ccccc23)c1.Cc1ccccc1.Cc1ccccc1. The number of fused-ring (bicyclic) bond motifs is 1. The number of rotatable bonds is 3. The summed E-state index contributed by atoms with van der Waals surface area (Å²) in [5, 5.41) is 2.57. The van der Waals surface area contributed by atoms with Crippen molar-refractivity contribution < 1.29 is 0 Å². The third-order valence-corrected chi connectivity index (χ3v) is 7.42. The fourth-order valence-corrected chi connectivity index (χ4v) is 5.17. The quantitative estimate of drug-likeness (QED) is 0.204. The van der Waals surface area contributed by atoms with Gasteiger partial charge in [-0.25, -0.2) is 0 Å². The Balaban J connectivity index is 0.000000215. The molecule has 0 saturated carbocycles. The molecule has 0 radical (unpaired) electrons. The van der Waals surface area contributed by atoms with Crippen molar-refractivity contribution in [2.45, 2.75) is 20.8 Å². The van der Waals surface area contributed by atoms with E-state index in [0.29, 0.717) is 0 Å². The molecule has 43 heavy (non-hydrogen) atoms. The fraction of sp³-hybridized carbons (Fsp3) is 0.0698. The molecule has 7 rings (SSSR count). The lowest BCUT2D eigenvalue weighted by Gasteiger charge is -2.15. The van der Waals surface area contributed by atoms with Crippen LogP contribution in [0.3, 0.4) is 0 Å². The highest BCUT2D eigenvalue weighted by Crippen LogP contribution is 2.39. The summed E-state index contributed by atoms with van der Waals surface area (Å²) in [6.07, 6.45) is 0. The fourth-order valence-electron chi connectivity index (χ4n) is 5.17. The van der Waals surface area contributed by atoms with Crippen LogP contribution in [0.5, 0.6) is 0 Å². The Morgan fingerprint density at radius 1 is 0.302 bits per heavy atom. The van der Waals surface area contributed by atoms with Crippen LogP contribution >= 0.6 is 0 Å². The Labute approximate surface area is 257 Å². The van der Waals surface area contributed by atoms with Crippen molar-refractivity contribution in [1.82, 2.24) is 0 Å². The Kier molecular flexibility index (Phi) is 9.96. The predicted molar refractivity (Wildman–Crippen MR) is 187 cm³/mol. The summed E-state index contributed by atoms with van der Waals surface area (Å²) in [7, 11) is 0. The van der Waals surface area contributed by atoms with E-state index in [2.05, 4.69) is 160 Å². The lowest BCUT2D eigenvalue weighted by atomic mass is 9.89. The van der Waals surface area contributed by atoms with Crippen molar-refractivity contribution >= 4 is 10.8 Å². The van der Waals surface area contributed by atoms with Gasteiger partial charge >= 0.3 is 0 Å². The van der Waals surface area contributed by atoms with Crippen LogP contribution in [0.15, 0.2) is 176 Å². The second-order valence-electron chi connectivity index (χ2n) is 10.8. The number of aryl methyl sites for hydroxylation is 3. The van der Waals surface area contributed by atoms with Gasteiger partial charge in [0.15, 0.2) is 0 Å². The van der Waals surface area contributed by atoms with Crippen LogP contribution in [-0.4, -0.2) is 0 Å². The lowest BCUT2D eigenvalue weighted by molar-refractivity contribution is 1.47. The molecule has 0 spiro atoms. The molecule has 210 valence electrons. The molecule has 0 aromatic heterocycles. The number of benzene rings is 7. The van der Waals surface area contributed by atoms with Crippen molar-refractivity contribution in [2.75, 3.05) is 0 Å². The van der Waals surface area contributed by atoms with Crippen molar-refractivity contribution in [3.8, 4) is 33.4 Å². The van der Waals surface area contributed by atoms with E-state index >= 15 is 0 Å². The molecule has 0 amide bonds. The van der Waals surface area contributed by atoms with E-state index < -0.39 is 0 Å². The van der Waals surface area contributed by atoms with Crippen LogP contribution in [0.2, 0.25) is 0 Å². The Morgan fingerprint density at radius 2 is 0.767 bits per heavy atom. The van der Waals surface area contributed by atoms with Gasteiger partial charge in [0.05, 0.1) is 0 Å². The van der Waals surface area contributed by atoms with Crippen molar-refractivity contribution in [1.29, 1.82) is 0 Å². The molecule has 0 bridgehead atoms. The molecule has 0 aliphatic carbocycles. The van der Waals surface area contributed by atoms with Crippen LogP contribution in [-0.2, 0) is 0 Å². The van der Waals surface area contributed by atoms with Gasteiger partial charge in [-0.2, -0.15) is 0 Å². The summed E-state index contributed by atoms with van der Waals surface area (Å²) in [4.78, 5) is 0. The zero-order valence-electron chi connectivity index (χ0n) is 25.2. The lowest BCUT2D eigenvalue weighted by Crippen LogP contribution is -1.89. The van der Waals surface area contributed by atoms with Crippen molar-refractivity contribution in [2.24, 2.45) is 0 Å². The monoisotopic (exact) mass is 554 g/mol. The molecular weight excluding hydrogens is 516 g/mol. The van der Waals surface area contributed by atoms with Crippen LogP contribution in [0.25, 0.3) is 44.2 Å². The first kappa shape index (κ1) is 29.3. The molecule has 0 aliphatic heterocycles. The minimum atomic E-state index is 1.24. The minimum absolute atomic E-state index is 1.24. The third kappa shape index (κ3) is 7.97. The average Bonchev–Trinajstić information content (AvgIpc) is 3.06. The van der Waals surface area contributed by atoms with Crippen molar-refractivity contribution in [3.05, 3.63) is 193 Å². The van der Waals surface area contributed by atoms with Gasteiger partial charge in [0.1, 0.15) is 0 Å². The van der Waals surface area contributed by atoms with E-state index in [1.807, 2.05) is 36.4 Å². The first-order valence-electron chi connectivity index (χ1n) is 14.9. The summed E-state index contributed by atoms with van der Waals surface area (Å²) >= 11 is 0. The molecule has 0 N–H and O–H groups in total. The molecule has 0 atom stereocenters. The van der Waals surface area contributed by atoms with Gasteiger partial charge in [-0.1, -0.05) is 193 Å². The van der Waals surface area contributed by atoms with E-state index in [0.717, 1.165) is 0 Å². The molecule has 0 heteroatoms. The summed E-state index contributed by atoms with van der Waals surface area (Å²) < 4.78 is 0. The molecular formula is C43H38. The van der Waals surface area contributed by atoms with Crippen LogP contribution < -0.4 is 0 Å². The summed E-state index contributed by atoms with van der Waals surface area (Å²) in [6, 6.07) is 61.9. The topological polar surface area (TPSA) is 0 Å². The zero-order valence-corrected chi connectivity index (χ0v) is 25.2. The standard InChI is InChI=1S/C29H22.2C7H8/c1-21-8-7-12-26(20-21)29-27-13-6-5-11-24(27)18-19-28(29)25-16-14-23(15-17-25)22-9-3-2-4-10-22;2*1-7-5-3-2-4-6-7/h2-20H,1H3;2*2-6H,1H3. The van der Waals surface area contributed by atoms with E-state index in [1.165, 1.54) is 60.8 Å². The largest absolute Gasteiger partial charge is 0.0622 e. The first-order valence-corrected chi connectivity index (χ1v) is 14.9. The maximum Gasteiger partial charge on any atom is -0.00267 e. The maximum absolute atomic E-state index is 2.28. The van der Waals surface area contributed by atoms with E-state index in [-0.39, 0.29) is 0 Å².